The molecule has 1 aromatic carbocycles. The highest BCUT2D eigenvalue weighted by Gasteiger charge is 2.14. The molecule has 0 bridgehead atoms. The van der Waals surface area contributed by atoms with Crippen molar-refractivity contribution in [2.45, 2.75) is 20.8 Å². The number of ether oxygens (including phenoxy) is 1. The van der Waals surface area contributed by atoms with E-state index in [-0.39, 0.29) is 0 Å². The van der Waals surface area contributed by atoms with Crippen LogP contribution in [0.15, 0.2) is 30.3 Å². The minimum absolute atomic E-state index is 0.300. The number of benzene rings is 1. The third-order valence-electron chi connectivity index (χ3n) is 2.86. The zero-order chi connectivity index (χ0) is 14.0. The van der Waals surface area contributed by atoms with Gasteiger partial charge in [-0.1, -0.05) is 30.4 Å². The van der Waals surface area contributed by atoms with Gasteiger partial charge in [0.25, 0.3) is 0 Å². The fourth-order valence-electron chi connectivity index (χ4n) is 1.95. The second-order valence-corrected chi connectivity index (χ2v) is 4.93. The van der Waals surface area contributed by atoms with Gasteiger partial charge in [-0.25, -0.2) is 4.98 Å². The summed E-state index contributed by atoms with van der Waals surface area (Å²) < 4.78 is 5.88. The van der Waals surface area contributed by atoms with Crippen molar-refractivity contribution < 1.29 is 4.74 Å². The molecule has 0 unspecified atom stereocenters. The smallest absolute Gasteiger partial charge is 0.229 e. The molecule has 4 heteroatoms. The Bertz CT molecular complexity index is 638. The zero-order valence-corrected chi connectivity index (χ0v) is 12.0. The Hall–Kier alpha value is -1.94. The fraction of sp³-hybridized carbons (Fsp3) is 0.200. The van der Waals surface area contributed by atoms with E-state index in [0.29, 0.717) is 16.4 Å². The van der Waals surface area contributed by atoms with Gasteiger partial charge in [-0.3, -0.25) is 0 Å². The monoisotopic (exact) mass is 272 g/mol. The van der Waals surface area contributed by atoms with Crippen molar-refractivity contribution in [3.8, 4) is 11.6 Å². The van der Waals surface area contributed by atoms with Crippen LogP contribution in [0.4, 0.5) is 0 Å². The minimum Gasteiger partial charge on any atom is -0.438 e. The van der Waals surface area contributed by atoms with Gasteiger partial charge in [0.2, 0.25) is 5.88 Å². The Morgan fingerprint density at radius 3 is 2.47 bits per heavy atom. The number of nitrogens with two attached hydrogens (primary N) is 1. The van der Waals surface area contributed by atoms with E-state index in [4.69, 9.17) is 22.7 Å². The van der Waals surface area contributed by atoms with Gasteiger partial charge in [0.05, 0.1) is 5.56 Å². The number of hydrogen-bond donors (Lipinski definition) is 1. The lowest BCUT2D eigenvalue weighted by molar-refractivity contribution is 0.457. The Morgan fingerprint density at radius 2 is 1.84 bits per heavy atom. The molecule has 0 aliphatic heterocycles. The van der Waals surface area contributed by atoms with Gasteiger partial charge in [0.15, 0.2) is 0 Å². The maximum absolute atomic E-state index is 5.88. The molecule has 0 radical (unpaired) electrons. The van der Waals surface area contributed by atoms with Crippen molar-refractivity contribution in [2.75, 3.05) is 0 Å². The SMILES string of the molecule is Cc1cc(C)c(C(N)=S)c(Oc2ccccc2C)n1. The lowest BCUT2D eigenvalue weighted by atomic mass is 10.1. The molecule has 0 saturated carbocycles. The Morgan fingerprint density at radius 1 is 1.16 bits per heavy atom. The lowest BCUT2D eigenvalue weighted by Gasteiger charge is -2.13. The van der Waals surface area contributed by atoms with Crippen molar-refractivity contribution in [3.05, 3.63) is 52.7 Å². The summed E-state index contributed by atoms with van der Waals surface area (Å²) in [6.07, 6.45) is 0. The van der Waals surface area contributed by atoms with Gasteiger partial charge in [-0.05, 0) is 44.0 Å². The summed E-state index contributed by atoms with van der Waals surface area (Å²) in [5.41, 5.74) is 9.36. The molecule has 2 aromatic rings. The third kappa shape index (κ3) is 2.90. The van der Waals surface area contributed by atoms with Crippen LogP contribution in [0.5, 0.6) is 11.6 Å². The van der Waals surface area contributed by atoms with E-state index in [1.165, 1.54) is 0 Å². The average molecular weight is 272 g/mol. The number of para-hydroxylation sites is 1. The molecule has 3 nitrogen and oxygen atoms in total. The van der Waals surface area contributed by atoms with Gasteiger partial charge in [-0.15, -0.1) is 0 Å². The largest absolute Gasteiger partial charge is 0.438 e. The zero-order valence-electron chi connectivity index (χ0n) is 11.2. The molecule has 0 aliphatic rings. The van der Waals surface area contributed by atoms with Crippen LogP contribution in [0.3, 0.4) is 0 Å². The predicted molar refractivity (Wildman–Crippen MR) is 80.9 cm³/mol. The van der Waals surface area contributed by atoms with Crippen LogP contribution >= 0.6 is 12.2 Å². The van der Waals surface area contributed by atoms with E-state index < -0.39 is 0 Å². The van der Waals surface area contributed by atoms with Crippen LogP contribution in [0.1, 0.15) is 22.4 Å². The van der Waals surface area contributed by atoms with Gasteiger partial charge in [0, 0.05) is 5.69 Å². The molecule has 0 fully saturated rings. The molecule has 0 amide bonds. The van der Waals surface area contributed by atoms with Crippen LogP contribution in [0, 0.1) is 20.8 Å². The number of hydrogen-bond acceptors (Lipinski definition) is 3. The number of aromatic nitrogens is 1. The van der Waals surface area contributed by atoms with Crippen LogP contribution in [0.2, 0.25) is 0 Å². The van der Waals surface area contributed by atoms with E-state index in [1.807, 2.05) is 51.1 Å². The van der Waals surface area contributed by atoms with Gasteiger partial charge < -0.3 is 10.5 Å². The van der Waals surface area contributed by atoms with Crippen LogP contribution in [0.25, 0.3) is 0 Å². The molecular formula is C15H16N2OS. The first-order chi connectivity index (χ1) is 8.99. The van der Waals surface area contributed by atoms with E-state index in [9.17, 15) is 0 Å². The summed E-state index contributed by atoms with van der Waals surface area (Å²) in [4.78, 5) is 4.70. The molecule has 2 rings (SSSR count). The molecule has 0 saturated heterocycles. The minimum atomic E-state index is 0.300. The van der Waals surface area contributed by atoms with E-state index >= 15 is 0 Å². The van der Waals surface area contributed by atoms with Crippen LogP contribution in [-0.2, 0) is 0 Å². The number of thiocarbonyl (C=S) groups is 1. The van der Waals surface area contributed by atoms with Crippen molar-refractivity contribution in [1.82, 2.24) is 4.98 Å². The average Bonchev–Trinajstić information content (AvgIpc) is 2.30. The van der Waals surface area contributed by atoms with E-state index in [1.54, 1.807) is 0 Å². The molecule has 0 spiro atoms. The topological polar surface area (TPSA) is 48.1 Å². The quantitative estimate of drug-likeness (QED) is 0.870. The standard InChI is InChI=1S/C15H16N2OS/c1-9-6-4-5-7-12(9)18-15-13(14(16)19)10(2)8-11(3)17-15/h4-8H,1-3H3,(H2,16,19). The molecule has 19 heavy (non-hydrogen) atoms. The van der Waals surface area contributed by atoms with Crippen molar-refractivity contribution >= 4 is 17.2 Å². The summed E-state index contributed by atoms with van der Waals surface area (Å²) in [6, 6.07) is 9.71. The maximum Gasteiger partial charge on any atom is 0.229 e. The first kappa shape index (κ1) is 13.5. The molecule has 1 heterocycles. The number of aryl methyl sites for hydroxylation is 3. The fourth-order valence-corrected chi connectivity index (χ4v) is 2.20. The highest BCUT2D eigenvalue weighted by atomic mass is 32.1. The van der Waals surface area contributed by atoms with Crippen LogP contribution < -0.4 is 10.5 Å². The first-order valence-corrected chi connectivity index (χ1v) is 6.41. The third-order valence-corrected chi connectivity index (χ3v) is 3.06. The van der Waals surface area contributed by atoms with Gasteiger partial charge in [0.1, 0.15) is 10.7 Å². The summed E-state index contributed by atoms with van der Waals surface area (Å²) in [5.74, 6) is 1.23. The van der Waals surface area contributed by atoms with Gasteiger partial charge >= 0.3 is 0 Å². The highest BCUT2D eigenvalue weighted by molar-refractivity contribution is 7.80. The van der Waals surface area contributed by atoms with E-state index in [2.05, 4.69) is 4.98 Å². The second kappa shape index (κ2) is 5.36. The molecular weight excluding hydrogens is 256 g/mol. The molecule has 0 atom stereocenters. The Balaban J connectivity index is 2.51. The first-order valence-electron chi connectivity index (χ1n) is 6.00. The summed E-state index contributed by atoms with van der Waals surface area (Å²) in [7, 11) is 0. The maximum atomic E-state index is 5.88. The Labute approximate surface area is 118 Å². The summed E-state index contributed by atoms with van der Waals surface area (Å²) >= 11 is 5.09. The van der Waals surface area contributed by atoms with Crippen molar-refractivity contribution in [3.63, 3.8) is 0 Å². The van der Waals surface area contributed by atoms with Crippen LogP contribution in [-0.4, -0.2) is 9.97 Å². The van der Waals surface area contributed by atoms with Crippen molar-refractivity contribution in [1.29, 1.82) is 0 Å². The van der Waals surface area contributed by atoms with Gasteiger partial charge in [-0.2, -0.15) is 0 Å². The van der Waals surface area contributed by atoms with Crippen molar-refractivity contribution in [2.24, 2.45) is 5.73 Å². The summed E-state index contributed by atoms with van der Waals surface area (Å²) in [5, 5.41) is 0. The predicted octanol–water partition coefficient (Wildman–Crippen LogP) is 3.43. The number of nitrogens with zero attached hydrogens (tertiary/aromatic N) is 1. The summed E-state index contributed by atoms with van der Waals surface area (Å²) in [6.45, 7) is 5.85. The molecule has 98 valence electrons. The second-order valence-electron chi connectivity index (χ2n) is 4.49. The Kier molecular flexibility index (Phi) is 3.81. The lowest BCUT2D eigenvalue weighted by Crippen LogP contribution is -2.14. The number of pyridine rings is 1. The normalized spacial score (nSPS) is 10.3. The number of rotatable bonds is 3. The highest BCUT2D eigenvalue weighted by Crippen LogP contribution is 2.28. The van der Waals surface area contributed by atoms with E-state index in [0.717, 1.165) is 22.6 Å². The molecule has 0 aliphatic carbocycles. The molecule has 2 N–H and O–H groups in total. The molecule has 1 aromatic heterocycles.